The largest absolute Gasteiger partial charge is 0.487 e. The van der Waals surface area contributed by atoms with E-state index in [1.165, 1.54) is 0 Å². The second kappa shape index (κ2) is 10.3. The van der Waals surface area contributed by atoms with Gasteiger partial charge in [-0.2, -0.15) is 0 Å². The minimum absolute atomic E-state index is 0.0707. The smallest absolute Gasteiger partial charge is 0.317 e. The molecule has 0 spiro atoms. The van der Waals surface area contributed by atoms with Crippen LogP contribution in [0.25, 0.3) is 0 Å². The Morgan fingerprint density at radius 1 is 1.25 bits per heavy atom. The normalized spacial score (nSPS) is 23.2. The summed E-state index contributed by atoms with van der Waals surface area (Å²) >= 11 is 0. The number of para-hydroxylation sites is 2. The average Bonchev–Trinajstić information content (AvgIpc) is 3.16. The summed E-state index contributed by atoms with van der Waals surface area (Å²) in [6.07, 6.45) is 5.12. The van der Waals surface area contributed by atoms with Gasteiger partial charge in [-0.25, -0.2) is 4.79 Å². The maximum Gasteiger partial charge on any atom is 0.317 e. The van der Waals surface area contributed by atoms with Crippen LogP contribution in [-0.4, -0.2) is 67.1 Å². The zero-order valence-electron chi connectivity index (χ0n) is 16.3. The van der Waals surface area contributed by atoms with Crippen molar-refractivity contribution in [2.75, 3.05) is 32.8 Å². The Balaban J connectivity index is 1.36. The lowest BCUT2D eigenvalue weighted by molar-refractivity contribution is 0.0975. The van der Waals surface area contributed by atoms with Crippen LogP contribution in [0.4, 0.5) is 4.79 Å². The van der Waals surface area contributed by atoms with E-state index < -0.39 is 6.10 Å². The van der Waals surface area contributed by atoms with Gasteiger partial charge < -0.3 is 30.1 Å². The highest BCUT2D eigenvalue weighted by atomic mass is 16.5. The second-order valence-corrected chi connectivity index (χ2v) is 7.35. The van der Waals surface area contributed by atoms with Crippen LogP contribution < -0.4 is 20.1 Å². The Morgan fingerprint density at radius 3 is 2.61 bits per heavy atom. The molecule has 0 radical (unpaired) electrons. The van der Waals surface area contributed by atoms with Crippen molar-refractivity contribution in [1.29, 1.82) is 0 Å². The van der Waals surface area contributed by atoms with Gasteiger partial charge in [0.15, 0.2) is 11.5 Å². The van der Waals surface area contributed by atoms with Crippen molar-refractivity contribution in [3.8, 4) is 11.5 Å². The first-order chi connectivity index (χ1) is 13.7. The Hall–Kier alpha value is -2.25. The van der Waals surface area contributed by atoms with Gasteiger partial charge in [0.25, 0.3) is 0 Å². The third kappa shape index (κ3) is 5.62. The molecule has 1 aliphatic carbocycles. The van der Waals surface area contributed by atoms with Gasteiger partial charge in [-0.05, 0) is 37.8 Å². The van der Waals surface area contributed by atoms with Crippen LogP contribution in [0.15, 0.2) is 36.9 Å². The summed E-state index contributed by atoms with van der Waals surface area (Å²) in [5, 5.41) is 16.6. The van der Waals surface area contributed by atoms with E-state index in [1.807, 2.05) is 29.2 Å². The number of ether oxygens (including phenoxy) is 2. The molecule has 1 saturated carbocycles. The predicted octanol–water partition coefficient (Wildman–Crippen LogP) is 1.92. The molecule has 1 saturated heterocycles. The summed E-state index contributed by atoms with van der Waals surface area (Å²) in [7, 11) is 0. The number of nitrogens with one attached hydrogen (secondary N) is 2. The third-order valence-electron chi connectivity index (χ3n) is 5.31. The molecule has 2 fully saturated rings. The molecule has 7 nitrogen and oxygen atoms in total. The van der Waals surface area contributed by atoms with Crippen molar-refractivity contribution < 1.29 is 19.4 Å². The lowest BCUT2D eigenvalue weighted by atomic mass is 9.90. The van der Waals surface area contributed by atoms with Gasteiger partial charge in [-0.1, -0.05) is 24.8 Å². The summed E-state index contributed by atoms with van der Waals surface area (Å²) in [5.74, 6) is 1.26. The van der Waals surface area contributed by atoms with Crippen LogP contribution in [0.3, 0.4) is 0 Å². The van der Waals surface area contributed by atoms with Gasteiger partial charge in [-0.15, -0.1) is 0 Å². The minimum atomic E-state index is -0.602. The quantitative estimate of drug-likeness (QED) is 0.533. The molecule has 0 aromatic heterocycles. The molecule has 1 heterocycles. The fraction of sp³-hybridized carbons (Fsp3) is 0.571. The number of carbonyl (C=O) groups is 1. The molecule has 154 valence electrons. The lowest BCUT2D eigenvalue weighted by Gasteiger charge is -2.34. The van der Waals surface area contributed by atoms with Crippen LogP contribution in [0.1, 0.15) is 25.7 Å². The monoisotopic (exact) mass is 389 g/mol. The zero-order chi connectivity index (χ0) is 19.8. The van der Waals surface area contributed by atoms with Crippen molar-refractivity contribution in [3.63, 3.8) is 0 Å². The first kappa shape index (κ1) is 20.5. The Bertz CT molecular complexity index is 646. The molecule has 1 aromatic carbocycles. The van der Waals surface area contributed by atoms with Gasteiger partial charge in [0.2, 0.25) is 0 Å². The number of hydrogen-bond acceptors (Lipinski definition) is 5. The molecule has 3 rings (SSSR count). The highest BCUT2D eigenvalue weighted by Crippen LogP contribution is 2.27. The van der Waals surface area contributed by atoms with Crippen molar-refractivity contribution in [2.24, 2.45) is 0 Å². The minimum Gasteiger partial charge on any atom is -0.487 e. The van der Waals surface area contributed by atoms with E-state index in [-0.39, 0.29) is 12.6 Å². The van der Waals surface area contributed by atoms with Crippen molar-refractivity contribution in [1.82, 2.24) is 15.5 Å². The number of aliphatic hydroxyl groups is 1. The third-order valence-corrected chi connectivity index (χ3v) is 5.31. The van der Waals surface area contributed by atoms with Gasteiger partial charge in [0, 0.05) is 31.7 Å². The van der Waals surface area contributed by atoms with Crippen LogP contribution in [0, 0.1) is 0 Å². The molecule has 1 aliphatic heterocycles. The Labute approximate surface area is 166 Å². The van der Waals surface area contributed by atoms with Gasteiger partial charge in [-0.3, -0.25) is 0 Å². The number of benzene rings is 1. The molecular weight excluding hydrogens is 358 g/mol. The zero-order valence-corrected chi connectivity index (χ0v) is 16.3. The standard InChI is InChI=1S/C21H31N3O4/c1-2-13-27-19-5-3-4-6-20(19)28-15-18(25)14-23-16-7-9-17(10-8-16)24-12-11-22-21(24)26/h2-6,16-18,23,25H,1,7-15H2,(H,22,26)/t16-,17+,18?. The van der Waals surface area contributed by atoms with E-state index in [1.54, 1.807) is 6.08 Å². The SMILES string of the molecule is C=CCOc1ccccc1OCC(O)CN[C@H]1CC[C@@H](N2CCNC2=O)CC1. The van der Waals surface area contributed by atoms with Crippen LogP contribution >= 0.6 is 0 Å². The second-order valence-electron chi connectivity index (χ2n) is 7.35. The molecule has 0 bridgehead atoms. The van der Waals surface area contributed by atoms with E-state index in [0.29, 0.717) is 36.7 Å². The number of nitrogens with zero attached hydrogens (tertiary/aromatic N) is 1. The number of rotatable bonds is 10. The van der Waals surface area contributed by atoms with Crippen LogP contribution in [0.2, 0.25) is 0 Å². The molecule has 2 amide bonds. The van der Waals surface area contributed by atoms with Gasteiger partial charge in [0.05, 0.1) is 0 Å². The Morgan fingerprint density at radius 2 is 1.96 bits per heavy atom. The number of hydrogen-bond donors (Lipinski definition) is 3. The maximum atomic E-state index is 11.8. The van der Waals surface area contributed by atoms with Crippen molar-refractivity contribution >= 4 is 6.03 Å². The number of aliphatic hydroxyl groups excluding tert-OH is 1. The van der Waals surface area contributed by atoms with Crippen molar-refractivity contribution in [3.05, 3.63) is 36.9 Å². The summed E-state index contributed by atoms with van der Waals surface area (Å²) < 4.78 is 11.3. The molecule has 1 aromatic rings. The molecule has 3 N–H and O–H groups in total. The molecule has 1 unspecified atom stereocenters. The fourth-order valence-electron chi connectivity index (χ4n) is 3.81. The van der Waals surface area contributed by atoms with Crippen molar-refractivity contribution in [2.45, 2.75) is 43.9 Å². The maximum absolute atomic E-state index is 11.8. The fourth-order valence-corrected chi connectivity index (χ4v) is 3.81. The number of amides is 2. The summed E-state index contributed by atoms with van der Waals surface area (Å²) in [6, 6.07) is 8.21. The van der Waals surface area contributed by atoms with E-state index in [2.05, 4.69) is 17.2 Å². The van der Waals surface area contributed by atoms with E-state index >= 15 is 0 Å². The van der Waals surface area contributed by atoms with E-state index in [4.69, 9.17) is 9.47 Å². The number of urea groups is 1. The molecule has 2 aliphatic rings. The molecule has 1 atom stereocenters. The summed E-state index contributed by atoms with van der Waals surface area (Å²) in [4.78, 5) is 13.7. The van der Waals surface area contributed by atoms with E-state index in [9.17, 15) is 9.90 Å². The van der Waals surface area contributed by atoms with Crippen LogP contribution in [-0.2, 0) is 0 Å². The summed E-state index contributed by atoms with van der Waals surface area (Å²) in [6.45, 7) is 6.30. The highest BCUT2D eigenvalue weighted by Gasteiger charge is 2.31. The average molecular weight is 389 g/mol. The number of carbonyl (C=O) groups excluding carboxylic acids is 1. The summed E-state index contributed by atoms with van der Waals surface area (Å²) in [5.41, 5.74) is 0. The lowest BCUT2D eigenvalue weighted by Crippen LogP contribution is -2.45. The topological polar surface area (TPSA) is 83.1 Å². The van der Waals surface area contributed by atoms with E-state index in [0.717, 1.165) is 38.8 Å². The Kier molecular flexibility index (Phi) is 7.56. The van der Waals surface area contributed by atoms with Gasteiger partial charge in [0.1, 0.15) is 19.3 Å². The molecule has 28 heavy (non-hydrogen) atoms. The van der Waals surface area contributed by atoms with Gasteiger partial charge >= 0.3 is 6.03 Å². The molecular formula is C21H31N3O4. The highest BCUT2D eigenvalue weighted by molar-refractivity contribution is 5.76. The van der Waals surface area contributed by atoms with Crippen LogP contribution in [0.5, 0.6) is 11.5 Å². The first-order valence-corrected chi connectivity index (χ1v) is 10.1. The first-order valence-electron chi connectivity index (χ1n) is 10.1. The molecule has 7 heteroatoms. The predicted molar refractivity (Wildman–Crippen MR) is 108 cm³/mol.